The van der Waals surface area contributed by atoms with Gasteiger partial charge in [-0.3, -0.25) is 4.79 Å². The van der Waals surface area contributed by atoms with E-state index in [9.17, 15) is 4.79 Å². The van der Waals surface area contributed by atoms with Crippen molar-refractivity contribution < 1.29 is 4.79 Å². The molecule has 1 aromatic carbocycles. The Morgan fingerprint density at radius 1 is 1.42 bits per heavy atom. The maximum absolute atomic E-state index is 9.90. The summed E-state index contributed by atoms with van der Waals surface area (Å²) in [6.45, 7) is 2.07. The van der Waals surface area contributed by atoms with E-state index in [-0.39, 0.29) is 0 Å². The molecule has 0 saturated heterocycles. The van der Waals surface area contributed by atoms with Gasteiger partial charge in [-0.05, 0) is 28.8 Å². The van der Waals surface area contributed by atoms with Crippen LogP contribution in [0.5, 0.6) is 0 Å². The van der Waals surface area contributed by atoms with Crippen LogP contribution in [0.15, 0.2) is 24.3 Å². The summed E-state index contributed by atoms with van der Waals surface area (Å²) in [7, 11) is 2.64. The number of benzene rings is 1. The topological polar surface area (TPSA) is 17.1 Å². The average Bonchev–Trinajstić information content (AvgIpc) is 2.09. The molecule has 63 valence electrons. The number of hydrogen-bond donors (Lipinski definition) is 0. The van der Waals surface area contributed by atoms with Crippen LogP contribution in [0, 0.1) is 6.92 Å². The van der Waals surface area contributed by atoms with Crippen molar-refractivity contribution in [1.82, 2.24) is 0 Å². The van der Waals surface area contributed by atoms with Gasteiger partial charge >= 0.3 is 0 Å². The molecular formula is C9H9OS2. The molecule has 12 heavy (non-hydrogen) atoms. The molecule has 0 unspecified atom stereocenters. The molecule has 0 saturated carbocycles. The van der Waals surface area contributed by atoms with Crippen molar-refractivity contribution in [2.75, 3.05) is 0 Å². The molecule has 0 aliphatic carbocycles. The molecule has 1 aromatic rings. The van der Waals surface area contributed by atoms with Gasteiger partial charge in [-0.2, -0.15) is 0 Å². The standard InChI is InChI=1S/C9H9OS2/c1-8-4-2-3-5-9(8)6-11-12-7-10/h2-5H,6H2,1H3. The van der Waals surface area contributed by atoms with Crippen LogP contribution in [-0.4, -0.2) is 5.62 Å². The SMILES string of the molecule is Cc1ccccc1CSS[C]=O. The van der Waals surface area contributed by atoms with E-state index in [1.54, 1.807) is 5.62 Å². The van der Waals surface area contributed by atoms with Gasteiger partial charge in [0, 0.05) is 5.75 Å². The van der Waals surface area contributed by atoms with Gasteiger partial charge in [-0.25, -0.2) is 0 Å². The molecule has 0 aliphatic heterocycles. The Hall–Kier alpha value is -0.410. The summed E-state index contributed by atoms with van der Waals surface area (Å²) in [5.41, 5.74) is 4.34. The van der Waals surface area contributed by atoms with Crippen LogP contribution in [0.1, 0.15) is 11.1 Å². The van der Waals surface area contributed by atoms with Crippen LogP contribution in [0.25, 0.3) is 0 Å². The third kappa shape index (κ3) is 2.91. The van der Waals surface area contributed by atoms with Crippen molar-refractivity contribution >= 4 is 27.2 Å². The molecular weight excluding hydrogens is 188 g/mol. The lowest BCUT2D eigenvalue weighted by Gasteiger charge is -2.01. The molecule has 1 rings (SSSR count). The second kappa shape index (κ2) is 5.27. The zero-order valence-corrected chi connectivity index (χ0v) is 8.37. The summed E-state index contributed by atoms with van der Waals surface area (Å²) in [5.74, 6) is 0.868. The lowest BCUT2D eigenvalue weighted by molar-refractivity contribution is 0.570. The van der Waals surface area contributed by atoms with E-state index in [2.05, 4.69) is 19.1 Å². The van der Waals surface area contributed by atoms with Crippen LogP contribution in [0.3, 0.4) is 0 Å². The number of aryl methyl sites for hydroxylation is 1. The highest BCUT2D eigenvalue weighted by molar-refractivity contribution is 8.81. The number of carbonyl (C=O) groups excluding carboxylic acids is 1. The van der Waals surface area contributed by atoms with Gasteiger partial charge in [0.2, 0.25) is 0 Å². The van der Waals surface area contributed by atoms with Crippen molar-refractivity contribution in [1.29, 1.82) is 0 Å². The summed E-state index contributed by atoms with van der Waals surface area (Å²) >= 11 is 0. The molecule has 0 amide bonds. The fraction of sp³-hybridized carbons (Fsp3) is 0.222. The van der Waals surface area contributed by atoms with Gasteiger partial charge in [-0.15, -0.1) is 0 Å². The fourth-order valence-electron chi connectivity index (χ4n) is 0.889. The predicted molar refractivity (Wildman–Crippen MR) is 55.8 cm³/mol. The first kappa shape index (κ1) is 9.68. The Kier molecular flexibility index (Phi) is 4.25. The average molecular weight is 197 g/mol. The van der Waals surface area contributed by atoms with E-state index >= 15 is 0 Å². The molecule has 3 heteroatoms. The van der Waals surface area contributed by atoms with Gasteiger partial charge in [0.05, 0.1) is 0 Å². The van der Waals surface area contributed by atoms with Gasteiger partial charge < -0.3 is 0 Å². The van der Waals surface area contributed by atoms with E-state index < -0.39 is 0 Å². The van der Waals surface area contributed by atoms with E-state index in [4.69, 9.17) is 0 Å². The van der Waals surface area contributed by atoms with Crippen molar-refractivity contribution in [2.24, 2.45) is 0 Å². The molecule has 0 atom stereocenters. The third-order valence-corrected chi connectivity index (χ3v) is 3.09. The summed E-state index contributed by atoms with van der Waals surface area (Å²) in [6.07, 6.45) is 0. The second-order valence-electron chi connectivity index (χ2n) is 2.36. The molecule has 1 nitrogen and oxygen atoms in total. The maximum atomic E-state index is 9.90. The summed E-state index contributed by atoms with van der Waals surface area (Å²) in [4.78, 5) is 9.90. The van der Waals surface area contributed by atoms with Crippen molar-refractivity contribution in [2.45, 2.75) is 12.7 Å². The van der Waals surface area contributed by atoms with Crippen LogP contribution >= 0.6 is 21.6 Å². The largest absolute Gasteiger partial charge is 0.277 e. The van der Waals surface area contributed by atoms with Crippen molar-refractivity contribution in [3.8, 4) is 0 Å². The third-order valence-electron chi connectivity index (χ3n) is 1.57. The van der Waals surface area contributed by atoms with Crippen molar-refractivity contribution in [3.63, 3.8) is 0 Å². The molecule has 0 N–H and O–H groups in total. The summed E-state index contributed by atoms with van der Waals surface area (Å²) < 4.78 is 0. The first-order valence-corrected chi connectivity index (χ1v) is 5.86. The molecule has 0 aliphatic rings. The quantitative estimate of drug-likeness (QED) is 0.545. The summed E-state index contributed by atoms with van der Waals surface area (Å²) in [6, 6.07) is 8.18. The first-order valence-electron chi connectivity index (χ1n) is 3.54. The number of hydrogen-bond acceptors (Lipinski definition) is 3. The highest BCUT2D eigenvalue weighted by atomic mass is 33.1. The van der Waals surface area contributed by atoms with Gasteiger partial charge in [0.1, 0.15) is 0 Å². The van der Waals surface area contributed by atoms with Crippen LogP contribution in [-0.2, 0) is 10.5 Å². The predicted octanol–water partition coefficient (Wildman–Crippen LogP) is 2.94. The van der Waals surface area contributed by atoms with Crippen LogP contribution in [0.2, 0.25) is 0 Å². The Balaban J connectivity index is 2.51. The van der Waals surface area contributed by atoms with E-state index in [0.717, 1.165) is 16.5 Å². The van der Waals surface area contributed by atoms with Gasteiger partial charge in [0.15, 0.2) is 0 Å². The Bertz CT molecular complexity index is 260. The van der Waals surface area contributed by atoms with Gasteiger partial charge in [-0.1, -0.05) is 35.1 Å². The summed E-state index contributed by atoms with van der Waals surface area (Å²) in [5, 5.41) is 0. The Morgan fingerprint density at radius 3 is 2.83 bits per heavy atom. The van der Waals surface area contributed by atoms with Crippen LogP contribution < -0.4 is 0 Å². The molecule has 0 heterocycles. The normalized spacial score (nSPS) is 9.75. The fourth-order valence-corrected chi connectivity index (χ4v) is 2.15. The van der Waals surface area contributed by atoms with Crippen molar-refractivity contribution in [3.05, 3.63) is 35.4 Å². The molecule has 1 radical (unpaired) electrons. The highest BCUT2D eigenvalue weighted by Gasteiger charge is 1.96. The minimum absolute atomic E-state index is 0.868. The smallest absolute Gasteiger partial charge is 0.276 e. The lowest BCUT2D eigenvalue weighted by Crippen LogP contribution is -1.83. The highest BCUT2D eigenvalue weighted by Crippen LogP contribution is 2.24. The molecule has 0 fully saturated rings. The van der Waals surface area contributed by atoms with E-state index in [1.807, 2.05) is 12.1 Å². The molecule has 0 aromatic heterocycles. The minimum Gasteiger partial charge on any atom is -0.276 e. The Labute approximate surface area is 80.3 Å². The lowest BCUT2D eigenvalue weighted by atomic mass is 10.1. The van der Waals surface area contributed by atoms with Crippen LogP contribution in [0.4, 0.5) is 0 Å². The maximum Gasteiger partial charge on any atom is 0.277 e. The van der Waals surface area contributed by atoms with E-state index in [0.29, 0.717) is 0 Å². The second-order valence-corrected chi connectivity index (χ2v) is 4.42. The Morgan fingerprint density at radius 2 is 2.17 bits per heavy atom. The zero-order valence-electron chi connectivity index (χ0n) is 6.74. The first-order chi connectivity index (χ1) is 5.84. The van der Waals surface area contributed by atoms with Gasteiger partial charge in [0.25, 0.3) is 5.62 Å². The molecule has 0 bridgehead atoms. The number of rotatable bonds is 4. The zero-order chi connectivity index (χ0) is 8.81. The minimum atomic E-state index is 0.868. The van der Waals surface area contributed by atoms with E-state index in [1.165, 1.54) is 21.9 Å². The molecule has 0 spiro atoms. The monoisotopic (exact) mass is 197 g/mol.